The minimum absolute atomic E-state index is 0.177. The Morgan fingerprint density at radius 3 is 2.73 bits per heavy atom. The largest absolute Gasteiger partial charge is 0.339 e. The van der Waals surface area contributed by atoms with E-state index in [4.69, 9.17) is 5.26 Å². The number of aryl methyl sites for hydroxylation is 1. The van der Waals surface area contributed by atoms with Gasteiger partial charge in [-0.3, -0.25) is 4.90 Å². The molecule has 2 aromatic rings. The summed E-state index contributed by atoms with van der Waals surface area (Å²) in [5.74, 6) is 0.299. The van der Waals surface area contributed by atoms with Crippen LogP contribution in [0.1, 0.15) is 36.1 Å². The SMILES string of the molecule is CCn1cc(CN2CCC(c3ccc(F)cc3)C2)cc1C#N. The zero-order valence-corrected chi connectivity index (χ0v) is 12.8. The predicted octanol–water partition coefficient (Wildman–Crippen LogP) is 3.51. The number of rotatable bonds is 4. The van der Waals surface area contributed by atoms with E-state index in [9.17, 15) is 4.39 Å². The maximum Gasteiger partial charge on any atom is 0.123 e. The minimum atomic E-state index is -0.177. The molecule has 0 radical (unpaired) electrons. The van der Waals surface area contributed by atoms with E-state index >= 15 is 0 Å². The molecule has 1 aliphatic rings. The van der Waals surface area contributed by atoms with Gasteiger partial charge in [-0.25, -0.2) is 4.39 Å². The first-order valence-corrected chi connectivity index (χ1v) is 7.76. The smallest absolute Gasteiger partial charge is 0.123 e. The Morgan fingerprint density at radius 1 is 1.32 bits per heavy atom. The summed E-state index contributed by atoms with van der Waals surface area (Å²) in [6, 6.07) is 11.1. The van der Waals surface area contributed by atoms with Crippen LogP contribution in [-0.2, 0) is 13.1 Å². The number of likely N-dealkylation sites (tertiary alicyclic amines) is 1. The Labute approximate surface area is 130 Å². The molecule has 1 aromatic carbocycles. The molecular formula is C18H20FN3. The first kappa shape index (κ1) is 14.8. The number of halogens is 1. The maximum absolute atomic E-state index is 13.0. The molecule has 3 nitrogen and oxygen atoms in total. The summed E-state index contributed by atoms with van der Waals surface area (Å²) in [6.07, 6.45) is 3.18. The van der Waals surface area contributed by atoms with Gasteiger partial charge < -0.3 is 4.57 Å². The van der Waals surface area contributed by atoms with Crippen molar-refractivity contribution in [3.8, 4) is 6.07 Å². The lowest BCUT2D eigenvalue weighted by molar-refractivity contribution is 0.327. The Morgan fingerprint density at radius 2 is 2.09 bits per heavy atom. The van der Waals surface area contributed by atoms with Crippen LogP contribution in [0.15, 0.2) is 36.5 Å². The van der Waals surface area contributed by atoms with E-state index < -0.39 is 0 Å². The van der Waals surface area contributed by atoms with Crippen molar-refractivity contribution < 1.29 is 4.39 Å². The fraction of sp³-hybridized carbons (Fsp3) is 0.389. The van der Waals surface area contributed by atoms with Crippen LogP contribution in [-0.4, -0.2) is 22.6 Å². The third kappa shape index (κ3) is 3.05. The lowest BCUT2D eigenvalue weighted by atomic mass is 9.99. The molecule has 1 fully saturated rings. The molecular weight excluding hydrogens is 277 g/mol. The molecule has 0 spiro atoms. The molecule has 1 aromatic heterocycles. The topological polar surface area (TPSA) is 32.0 Å². The van der Waals surface area contributed by atoms with E-state index in [1.54, 1.807) is 12.1 Å². The lowest BCUT2D eigenvalue weighted by Gasteiger charge is -2.15. The van der Waals surface area contributed by atoms with Gasteiger partial charge in [0.05, 0.1) is 0 Å². The van der Waals surface area contributed by atoms with E-state index in [0.29, 0.717) is 5.92 Å². The van der Waals surface area contributed by atoms with Gasteiger partial charge in [-0.1, -0.05) is 12.1 Å². The number of nitriles is 1. The Balaban J connectivity index is 1.65. The van der Waals surface area contributed by atoms with Gasteiger partial charge in [-0.2, -0.15) is 5.26 Å². The average molecular weight is 297 g/mol. The Kier molecular flexibility index (Phi) is 4.26. The van der Waals surface area contributed by atoms with Crippen LogP contribution in [0.4, 0.5) is 4.39 Å². The first-order chi connectivity index (χ1) is 10.7. The molecule has 22 heavy (non-hydrogen) atoms. The predicted molar refractivity (Wildman–Crippen MR) is 83.9 cm³/mol. The van der Waals surface area contributed by atoms with Crippen molar-refractivity contribution in [3.05, 3.63) is 59.2 Å². The molecule has 1 atom stereocenters. The van der Waals surface area contributed by atoms with Crippen molar-refractivity contribution >= 4 is 0 Å². The number of hydrogen-bond acceptors (Lipinski definition) is 2. The highest BCUT2D eigenvalue weighted by Crippen LogP contribution is 2.28. The van der Waals surface area contributed by atoms with Crippen molar-refractivity contribution in [1.29, 1.82) is 5.26 Å². The van der Waals surface area contributed by atoms with Gasteiger partial charge in [0.2, 0.25) is 0 Å². The number of benzene rings is 1. The van der Waals surface area contributed by atoms with Gasteiger partial charge in [0, 0.05) is 25.8 Å². The first-order valence-electron chi connectivity index (χ1n) is 7.76. The van der Waals surface area contributed by atoms with Gasteiger partial charge in [-0.05, 0) is 55.1 Å². The Bertz CT molecular complexity index is 681. The molecule has 0 amide bonds. The van der Waals surface area contributed by atoms with Gasteiger partial charge >= 0.3 is 0 Å². The number of nitrogens with zero attached hydrogens (tertiary/aromatic N) is 3. The summed E-state index contributed by atoms with van der Waals surface area (Å²) in [4.78, 5) is 2.41. The highest BCUT2D eigenvalue weighted by Gasteiger charge is 2.24. The normalized spacial score (nSPS) is 18.5. The molecule has 0 bridgehead atoms. The van der Waals surface area contributed by atoms with Gasteiger partial charge in [0.1, 0.15) is 17.6 Å². The average Bonchev–Trinajstić information content (AvgIpc) is 3.15. The van der Waals surface area contributed by atoms with Crippen molar-refractivity contribution in [2.24, 2.45) is 0 Å². The molecule has 1 aliphatic heterocycles. The van der Waals surface area contributed by atoms with Gasteiger partial charge in [0.25, 0.3) is 0 Å². The highest BCUT2D eigenvalue weighted by atomic mass is 19.1. The summed E-state index contributed by atoms with van der Waals surface area (Å²) in [5.41, 5.74) is 3.14. The lowest BCUT2D eigenvalue weighted by Crippen LogP contribution is -2.19. The van der Waals surface area contributed by atoms with E-state index in [0.717, 1.165) is 38.3 Å². The fourth-order valence-corrected chi connectivity index (χ4v) is 3.25. The van der Waals surface area contributed by atoms with Crippen LogP contribution in [0.2, 0.25) is 0 Å². The molecule has 0 N–H and O–H groups in total. The van der Waals surface area contributed by atoms with Crippen LogP contribution in [0.5, 0.6) is 0 Å². The molecule has 2 heterocycles. The van der Waals surface area contributed by atoms with E-state index in [-0.39, 0.29) is 5.82 Å². The zero-order chi connectivity index (χ0) is 15.5. The van der Waals surface area contributed by atoms with Crippen molar-refractivity contribution in [3.63, 3.8) is 0 Å². The third-order valence-corrected chi connectivity index (χ3v) is 4.43. The van der Waals surface area contributed by atoms with Crippen LogP contribution in [0.3, 0.4) is 0 Å². The summed E-state index contributed by atoms with van der Waals surface area (Å²) in [7, 11) is 0. The maximum atomic E-state index is 13.0. The van der Waals surface area contributed by atoms with Crippen molar-refractivity contribution in [2.75, 3.05) is 13.1 Å². The summed E-state index contributed by atoms with van der Waals surface area (Å²) in [6.45, 7) is 5.78. The second-order valence-corrected chi connectivity index (χ2v) is 5.90. The Hall–Kier alpha value is -2.12. The standard InChI is InChI=1S/C18H20FN3/c1-2-22-12-14(9-18(22)10-20)11-21-8-7-16(13-21)15-3-5-17(19)6-4-15/h3-6,9,12,16H,2,7-8,11,13H2,1H3. The fourth-order valence-electron chi connectivity index (χ4n) is 3.25. The van der Waals surface area contributed by atoms with Crippen LogP contribution in [0.25, 0.3) is 0 Å². The van der Waals surface area contributed by atoms with E-state index in [1.807, 2.05) is 29.7 Å². The number of aromatic nitrogens is 1. The molecule has 1 saturated heterocycles. The third-order valence-electron chi connectivity index (χ3n) is 4.43. The molecule has 3 rings (SSSR count). The molecule has 0 aliphatic carbocycles. The number of hydrogen-bond donors (Lipinski definition) is 0. The van der Waals surface area contributed by atoms with Crippen LogP contribution in [0, 0.1) is 17.1 Å². The second-order valence-electron chi connectivity index (χ2n) is 5.90. The van der Waals surface area contributed by atoms with Gasteiger partial charge in [0.15, 0.2) is 0 Å². The molecule has 4 heteroatoms. The monoisotopic (exact) mass is 297 g/mol. The molecule has 114 valence electrons. The molecule has 1 unspecified atom stereocenters. The summed E-state index contributed by atoms with van der Waals surface area (Å²) >= 11 is 0. The van der Waals surface area contributed by atoms with Crippen molar-refractivity contribution in [2.45, 2.75) is 32.4 Å². The summed E-state index contributed by atoms with van der Waals surface area (Å²) in [5, 5.41) is 9.12. The van der Waals surface area contributed by atoms with E-state index in [2.05, 4.69) is 17.2 Å². The summed E-state index contributed by atoms with van der Waals surface area (Å²) < 4.78 is 15.0. The quantitative estimate of drug-likeness (QED) is 0.865. The second kappa shape index (κ2) is 6.33. The van der Waals surface area contributed by atoms with Crippen molar-refractivity contribution in [1.82, 2.24) is 9.47 Å². The van der Waals surface area contributed by atoms with E-state index in [1.165, 1.54) is 11.1 Å². The van der Waals surface area contributed by atoms with Gasteiger partial charge in [-0.15, -0.1) is 0 Å². The highest BCUT2D eigenvalue weighted by molar-refractivity contribution is 5.29. The zero-order valence-electron chi connectivity index (χ0n) is 12.8. The minimum Gasteiger partial charge on any atom is -0.339 e. The van der Waals surface area contributed by atoms with Crippen LogP contribution >= 0.6 is 0 Å². The molecule has 0 saturated carbocycles. The van der Waals surface area contributed by atoms with Crippen LogP contribution < -0.4 is 0 Å².